The van der Waals surface area contributed by atoms with Crippen LogP contribution in [0.2, 0.25) is 0 Å². The van der Waals surface area contributed by atoms with E-state index >= 15 is 0 Å². The number of phosphoric ester groups is 1. The van der Waals surface area contributed by atoms with E-state index in [1.807, 2.05) is 27.2 Å². The molecule has 0 spiro atoms. The number of hydrogen-bond acceptors (Lipinski definition) is 6. The van der Waals surface area contributed by atoms with Crippen LogP contribution in [0.15, 0.2) is 109 Å². The van der Waals surface area contributed by atoms with E-state index < -0.39 is 26.6 Å². The normalized spacial score (nSPS) is 14.5. The van der Waals surface area contributed by atoms with Crippen LogP contribution < -0.4 is 10.2 Å². The van der Waals surface area contributed by atoms with Gasteiger partial charge in [0.25, 0.3) is 7.82 Å². The lowest BCUT2D eigenvalue weighted by molar-refractivity contribution is -0.870. The summed E-state index contributed by atoms with van der Waals surface area (Å²) in [5.41, 5.74) is 0. The lowest BCUT2D eigenvalue weighted by Gasteiger charge is -2.29. The third kappa shape index (κ3) is 60.6. The smallest absolute Gasteiger partial charge is 0.268 e. The monoisotopic (exact) mass is 1090 g/mol. The minimum Gasteiger partial charge on any atom is -0.756 e. The molecule has 0 bridgehead atoms. The van der Waals surface area contributed by atoms with Crippen molar-refractivity contribution in [3.63, 3.8) is 0 Å². The Labute approximate surface area is 476 Å². The van der Waals surface area contributed by atoms with Crippen molar-refractivity contribution >= 4 is 13.7 Å². The Morgan fingerprint density at radius 1 is 0.468 bits per heavy atom. The molecule has 77 heavy (non-hydrogen) atoms. The average Bonchev–Trinajstić information content (AvgIpc) is 3.39. The minimum absolute atomic E-state index is 0.0163. The Morgan fingerprint density at radius 3 is 1.21 bits per heavy atom. The standard InChI is InChI=1S/C68H121N2O6P/c1-6-8-10-12-14-16-18-20-22-24-26-28-30-32-34-36-37-39-41-43-45-47-49-51-53-55-57-59-61-67(71)66(65-76-77(73,74)75-64-63-70(3,4)5)69-68(72)62-60-58-56-54-52-50-48-46-44-42-40-38-35-33-31-29-27-25-23-21-19-17-15-13-11-9-7-2/h9,11,15,17,21,23,27,29,33,35,40,42,46,48,51,53,59,61,66-67,71H,6-8,10,12-14,16,18-20,22,24-26,28,30-32,34,36-39,41,43-45,47,49-50,52,54-58,60,62-65H2,1-5H3,(H-,69,72,73,74)/b11-9-,17-15-,23-21-,29-27-,35-33-,42-40-,48-46-,53-51+,61-59+. The molecule has 0 aromatic rings. The topological polar surface area (TPSA) is 108 Å². The maximum absolute atomic E-state index is 13.0. The number of quaternary nitrogens is 1. The molecule has 0 heterocycles. The number of aliphatic hydroxyl groups is 1. The Morgan fingerprint density at radius 2 is 0.805 bits per heavy atom. The van der Waals surface area contributed by atoms with E-state index in [2.05, 4.69) is 116 Å². The summed E-state index contributed by atoms with van der Waals surface area (Å²) in [4.78, 5) is 25.6. The SMILES string of the molecule is CC/C=C\C/C=C\C/C=C\C/C=C\C/C=C\C/C=C\C/C=C\CCCCCCCC(=O)NC(COP(=O)([O-])OCC[N+](C)(C)C)C(O)/C=C/CC/C=C/CCCCCCCCCCCCCCCCCCCCCCCC. The number of carbonyl (C=O) groups excluding carboxylic acids is 1. The lowest BCUT2D eigenvalue weighted by atomic mass is 10.0. The number of hydrogen-bond donors (Lipinski definition) is 2. The summed E-state index contributed by atoms with van der Waals surface area (Å²) in [7, 11) is 1.22. The van der Waals surface area contributed by atoms with Gasteiger partial charge in [-0.3, -0.25) is 9.36 Å². The Balaban J connectivity index is 4.27. The number of carbonyl (C=O) groups is 1. The fourth-order valence-corrected chi connectivity index (χ4v) is 9.52. The van der Waals surface area contributed by atoms with Crippen molar-refractivity contribution in [1.29, 1.82) is 0 Å². The molecule has 0 aliphatic heterocycles. The van der Waals surface area contributed by atoms with Crippen LogP contribution in [0.25, 0.3) is 0 Å². The van der Waals surface area contributed by atoms with Crippen molar-refractivity contribution in [3.8, 4) is 0 Å². The summed E-state index contributed by atoms with van der Waals surface area (Å²) < 4.78 is 23.4. The molecule has 3 atom stereocenters. The van der Waals surface area contributed by atoms with Crippen LogP contribution in [-0.4, -0.2) is 68.5 Å². The zero-order valence-electron chi connectivity index (χ0n) is 50.6. The molecule has 0 aliphatic rings. The van der Waals surface area contributed by atoms with Crippen LogP contribution >= 0.6 is 7.82 Å². The fraction of sp³-hybridized carbons (Fsp3) is 0.721. The molecule has 0 aromatic carbocycles. The van der Waals surface area contributed by atoms with Gasteiger partial charge in [0.05, 0.1) is 39.9 Å². The molecule has 0 rings (SSSR count). The molecule has 0 radical (unpaired) electrons. The predicted octanol–water partition coefficient (Wildman–Crippen LogP) is 19.3. The van der Waals surface area contributed by atoms with Gasteiger partial charge in [0.2, 0.25) is 5.91 Å². The first-order valence-corrected chi connectivity index (χ1v) is 33.2. The molecule has 8 nitrogen and oxygen atoms in total. The van der Waals surface area contributed by atoms with Gasteiger partial charge in [-0.15, -0.1) is 0 Å². The first-order valence-electron chi connectivity index (χ1n) is 31.7. The third-order valence-electron chi connectivity index (χ3n) is 13.7. The quantitative estimate of drug-likeness (QED) is 0.0272. The van der Waals surface area contributed by atoms with Crippen LogP contribution in [0.4, 0.5) is 0 Å². The summed E-state index contributed by atoms with van der Waals surface area (Å²) in [6, 6.07) is -0.924. The summed E-state index contributed by atoms with van der Waals surface area (Å²) in [6.45, 7) is 4.51. The highest BCUT2D eigenvalue weighted by molar-refractivity contribution is 7.45. The van der Waals surface area contributed by atoms with Gasteiger partial charge in [0, 0.05) is 6.42 Å². The van der Waals surface area contributed by atoms with E-state index in [0.717, 1.165) is 103 Å². The highest BCUT2D eigenvalue weighted by atomic mass is 31.2. The van der Waals surface area contributed by atoms with Gasteiger partial charge in [0.1, 0.15) is 13.2 Å². The molecular weight excluding hydrogens is 972 g/mol. The van der Waals surface area contributed by atoms with Crippen LogP contribution in [0.1, 0.15) is 264 Å². The first kappa shape index (κ1) is 74.2. The Hall–Kier alpha value is -2.84. The van der Waals surface area contributed by atoms with Gasteiger partial charge >= 0.3 is 0 Å². The highest BCUT2D eigenvalue weighted by Crippen LogP contribution is 2.38. The van der Waals surface area contributed by atoms with Crippen LogP contribution in [0.5, 0.6) is 0 Å². The van der Waals surface area contributed by atoms with E-state index in [9.17, 15) is 19.4 Å². The molecule has 0 saturated heterocycles. The van der Waals surface area contributed by atoms with Crippen molar-refractivity contribution in [2.75, 3.05) is 40.9 Å². The Kier molecular flexibility index (Phi) is 55.7. The molecule has 3 unspecified atom stereocenters. The lowest BCUT2D eigenvalue weighted by Crippen LogP contribution is -2.45. The van der Waals surface area contributed by atoms with E-state index in [4.69, 9.17) is 9.05 Å². The largest absolute Gasteiger partial charge is 0.756 e. The minimum atomic E-state index is -4.62. The third-order valence-corrected chi connectivity index (χ3v) is 14.7. The van der Waals surface area contributed by atoms with Crippen LogP contribution in [0.3, 0.4) is 0 Å². The van der Waals surface area contributed by atoms with Crippen molar-refractivity contribution in [2.45, 2.75) is 276 Å². The maximum Gasteiger partial charge on any atom is 0.268 e. The zero-order chi connectivity index (χ0) is 56.3. The number of unbranched alkanes of at least 4 members (excludes halogenated alkanes) is 28. The van der Waals surface area contributed by atoms with Crippen molar-refractivity contribution in [3.05, 3.63) is 109 Å². The molecule has 0 aliphatic carbocycles. The molecule has 444 valence electrons. The summed E-state index contributed by atoms with van der Waals surface area (Å²) >= 11 is 0. The van der Waals surface area contributed by atoms with Crippen molar-refractivity contribution in [2.24, 2.45) is 0 Å². The van der Waals surface area contributed by atoms with Crippen molar-refractivity contribution < 1.29 is 32.9 Å². The van der Waals surface area contributed by atoms with Gasteiger partial charge in [-0.1, -0.05) is 277 Å². The fourth-order valence-electron chi connectivity index (χ4n) is 8.80. The number of nitrogens with zero attached hydrogens (tertiary/aromatic N) is 1. The first-order chi connectivity index (χ1) is 37.5. The van der Waals surface area contributed by atoms with Gasteiger partial charge in [-0.25, -0.2) is 0 Å². The number of nitrogens with one attached hydrogen (secondary N) is 1. The van der Waals surface area contributed by atoms with Crippen LogP contribution in [0, 0.1) is 0 Å². The summed E-state index contributed by atoms with van der Waals surface area (Å²) in [6.07, 6.45) is 84.7. The number of amides is 1. The number of allylic oxidation sites excluding steroid dienone is 17. The molecule has 0 saturated carbocycles. The summed E-state index contributed by atoms with van der Waals surface area (Å²) in [5, 5.41) is 13.9. The molecule has 9 heteroatoms. The van der Waals surface area contributed by atoms with Gasteiger partial charge in [-0.05, 0) is 89.9 Å². The second-order valence-corrected chi connectivity index (χ2v) is 23.8. The molecule has 2 N–H and O–H groups in total. The number of rotatable bonds is 57. The number of aliphatic hydroxyl groups excluding tert-OH is 1. The molecule has 1 amide bonds. The maximum atomic E-state index is 13.0. The van der Waals surface area contributed by atoms with E-state index in [1.54, 1.807) is 6.08 Å². The Bertz CT molecular complexity index is 1620. The number of phosphoric acid groups is 1. The van der Waals surface area contributed by atoms with E-state index in [1.165, 1.54) is 141 Å². The molecule has 0 fully saturated rings. The predicted molar refractivity (Wildman–Crippen MR) is 334 cm³/mol. The average molecular weight is 1090 g/mol. The van der Waals surface area contributed by atoms with Gasteiger partial charge in [0.15, 0.2) is 0 Å². The molecule has 0 aromatic heterocycles. The zero-order valence-corrected chi connectivity index (χ0v) is 51.5. The van der Waals surface area contributed by atoms with E-state index in [0.29, 0.717) is 17.4 Å². The van der Waals surface area contributed by atoms with Gasteiger partial charge in [-0.2, -0.15) is 0 Å². The second kappa shape index (κ2) is 57.8. The van der Waals surface area contributed by atoms with E-state index in [-0.39, 0.29) is 12.5 Å². The summed E-state index contributed by atoms with van der Waals surface area (Å²) in [5.74, 6) is -0.228. The van der Waals surface area contributed by atoms with Crippen molar-refractivity contribution in [1.82, 2.24) is 5.32 Å². The van der Waals surface area contributed by atoms with Crippen LogP contribution in [-0.2, 0) is 18.4 Å². The second-order valence-electron chi connectivity index (χ2n) is 22.4. The van der Waals surface area contributed by atoms with Gasteiger partial charge < -0.3 is 28.8 Å². The highest BCUT2D eigenvalue weighted by Gasteiger charge is 2.23. The molecular formula is C68H121N2O6P. The number of likely N-dealkylation sites (N-methyl/N-ethyl adjacent to an activating group) is 1.